The highest BCUT2D eigenvalue weighted by molar-refractivity contribution is 9.11. The minimum atomic E-state index is 0.211. The van der Waals surface area contributed by atoms with Crippen LogP contribution in [-0.2, 0) is 5.75 Å². The van der Waals surface area contributed by atoms with E-state index in [1.54, 1.807) is 11.8 Å². The molecular formula is C14H13BrOS2. The monoisotopic (exact) mass is 340 g/mol. The molecule has 0 N–H and O–H groups in total. The van der Waals surface area contributed by atoms with Crippen molar-refractivity contribution >= 4 is 44.8 Å². The Hall–Kier alpha value is -0.580. The Labute approximate surface area is 124 Å². The molecule has 0 aliphatic heterocycles. The predicted molar refractivity (Wildman–Crippen MR) is 83.7 cm³/mol. The van der Waals surface area contributed by atoms with Crippen molar-refractivity contribution in [1.82, 2.24) is 0 Å². The number of aryl methyl sites for hydroxylation is 1. The number of halogens is 1. The third kappa shape index (κ3) is 3.97. The first kappa shape index (κ1) is 13.8. The summed E-state index contributed by atoms with van der Waals surface area (Å²) in [5.41, 5.74) is 2.54. The number of thioether (sulfide) groups is 1. The average Bonchev–Trinajstić information content (AvgIpc) is 2.76. The second kappa shape index (κ2) is 6.55. The fraction of sp³-hybridized carbons (Fsp3) is 0.214. The zero-order valence-electron chi connectivity index (χ0n) is 9.98. The van der Waals surface area contributed by atoms with E-state index >= 15 is 0 Å². The summed E-state index contributed by atoms with van der Waals surface area (Å²) < 4.78 is 1.01. The molecule has 2 aromatic rings. The van der Waals surface area contributed by atoms with E-state index in [0.717, 1.165) is 14.4 Å². The van der Waals surface area contributed by atoms with Crippen LogP contribution in [0.25, 0.3) is 0 Å². The van der Waals surface area contributed by atoms with Crippen molar-refractivity contribution in [2.24, 2.45) is 0 Å². The topological polar surface area (TPSA) is 17.1 Å². The zero-order valence-corrected chi connectivity index (χ0v) is 13.2. The molecule has 0 saturated carbocycles. The first-order valence-electron chi connectivity index (χ1n) is 5.57. The van der Waals surface area contributed by atoms with Gasteiger partial charge in [0.25, 0.3) is 0 Å². The summed E-state index contributed by atoms with van der Waals surface area (Å²) >= 11 is 6.54. The third-order valence-electron chi connectivity index (χ3n) is 2.43. The van der Waals surface area contributed by atoms with Crippen LogP contribution in [0.1, 0.15) is 20.8 Å². The Balaban J connectivity index is 1.84. The van der Waals surface area contributed by atoms with Gasteiger partial charge in [0.05, 0.1) is 14.4 Å². The lowest BCUT2D eigenvalue weighted by atomic mass is 10.2. The van der Waals surface area contributed by atoms with Gasteiger partial charge in [-0.25, -0.2) is 0 Å². The molecule has 94 valence electrons. The maximum atomic E-state index is 11.9. The van der Waals surface area contributed by atoms with E-state index in [0.29, 0.717) is 5.75 Å². The summed E-state index contributed by atoms with van der Waals surface area (Å²) in [5.74, 6) is 1.64. The SMILES string of the molecule is Cc1cccc(CSCC(=O)c2ccc(Br)s2)c1. The lowest BCUT2D eigenvalue weighted by Gasteiger charge is -2.02. The highest BCUT2D eigenvalue weighted by atomic mass is 79.9. The zero-order chi connectivity index (χ0) is 13.0. The van der Waals surface area contributed by atoms with Gasteiger partial charge in [0.1, 0.15) is 0 Å². The van der Waals surface area contributed by atoms with Crippen LogP contribution < -0.4 is 0 Å². The van der Waals surface area contributed by atoms with E-state index in [1.165, 1.54) is 22.5 Å². The van der Waals surface area contributed by atoms with E-state index in [2.05, 4.69) is 47.1 Å². The van der Waals surface area contributed by atoms with Gasteiger partial charge in [-0.1, -0.05) is 29.8 Å². The quantitative estimate of drug-likeness (QED) is 0.717. The van der Waals surface area contributed by atoms with Crippen LogP contribution in [0.3, 0.4) is 0 Å². The second-order valence-electron chi connectivity index (χ2n) is 4.01. The minimum Gasteiger partial charge on any atom is -0.292 e. The second-order valence-corrected chi connectivity index (χ2v) is 7.46. The van der Waals surface area contributed by atoms with Gasteiger partial charge in [0, 0.05) is 5.75 Å². The summed E-state index contributed by atoms with van der Waals surface area (Å²) in [6, 6.07) is 12.2. The Morgan fingerprint density at radius 3 is 2.83 bits per heavy atom. The maximum Gasteiger partial charge on any atom is 0.182 e. The first-order valence-corrected chi connectivity index (χ1v) is 8.33. The molecule has 4 heteroatoms. The van der Waals surface area contributed by atoms with E-state index in [1.807, 2.05) is 12.1 Å². The van der Waals surface area contributed by atoms with Gasteiger partial charge in [-0.15, -0.1) is 23.1 Å². The van der Waals surface area contributed by atoms with Gasteiger partial charge >= 0.3 is 0 Å². The molecule has 1 nitrogen and oxygen atoms in total. The molecule has 18 heavy (non-hydrogen) atoms. The molecule has 0 aliphatic rings. The van der Waals surface area contributed by atoms with Gasteiger partial charge in [-0.3, -0.25) is 4.79 Å². The first-order chi connectivity index (χ1) is 8.65. The van der Waals surface area contributed by atoms with Crippen LogP contribution in [0.4, 0.5) is 0 Å². The number of thiophene rings is 1. The molecule has 2 rings (SSSR count). The maximum absolute atomic E-state index is 11.9. The molecule has 0 radical (unpaired) electrons. The van der Waals surface area contributed by atoms with Crippen molar-refractivity contribution in [1.29, 1.82) is 0 Å². The van der Waals surface area contributed by atoms with Gasteiger partial charge < -0.3 is 0 Å². The van der Waals surface area contributed by atoms with Crippen molar-refractivity contribution < 1.29 is 4.79 Å². The van der Waals surface area contributed by atoms with Crippen molar-refractivity contribution in [3.8, 4) is 0 Å². The van der Waals surface area contributed by atoms with Crippen molar-refractivity contribution in [2.45, 2.75) is 12.7 Å². The Morgan fingerprint density at radius 1 is 1.33 bits per heavy atom. The number of carbonyl (C=O) groups excluding carboxylic acids is 1. The lowest BCUT2D eigenvalue weighted by molar-refractivity contribution is 0.102. The highest BCUT2D eigenvalue weighted by Crippen LogP contribution is 2.24. The molecule has 1 aromatic carbocycles. The minimum absolute atomic E-state index is 0.211. The van der Waals surface area contributed by atoms with Crippen LogP contribution in [0.5, 0.6) is 0 Å². The van der Waals surface area contributed by atoms with Crippen LogP contribution in [0, 0.1) is 6.92 Å². The van der Waals surface area contributed by atoms with Gasteiger partial charge in [0.2, 0.25) is 0 Å². The van der Waals surface area contributed by atoms with Crippen molar-refractivity contribution in [2.75, 3.05) is 5.75 Å². The summed E-state index contributed by atoms with van der Waals surface area (Å²) in [4.78, 5) is 12.7. The molecule has 0 spiro atoms. The van der Waals surface area contributed by atoms with E-state index in [9.17, 15) is 4.79 Å². The van der Waals surface area contributed by atoms with Crippen LogP contribution in [0.15, 0.2) is 40.2 Å². The van der Waals surface area contributed by atoms with Crippen LogP contribution >= 0.6 is 39.0 Å². The summed E-state index contributed by atoms with van der Waals surface area (Å²) in [5, 5.41) is 0. The van der Waals surface area contributed by atoms with E-state index in [-0.39, 0.29) is 5.78 Å². The number of hydrogen-bond donors (Lipinski definition) is 0. The molecule has 0 amide bonds. The fourth-order valence-corrected chi connectivity index (χ4v) is 3.87. The molecule has 0 aliphatic carbocycles. The largest absolute Gasteiger partial charge is 0.292 e. The molecule has 0 saturated heterocycles. The van der Waals surface area contributed by atoms with Crippen LogP contribution in [-0.4, -0.2) is 11.5 Å². The number of carbonyl (C=O) groups is 1. The molecule has 1 heterocycles. The van der Waals surface area contributed by atoms with Crippen LogP contribution in [0.2, 0.25) is 0 Å². The van der Waals surface area contributed by atoms with Gasteiger partial charge in [0.15, 0.2) is 5.78 Å². The van der Waals surface area contributed by atoms with Crippen molar-refractivity contribution in [3.63, 3.8) is 0 Å². The number of benzene rings is 1. The summed E-state index contributed by atoms with van der Waals surface area (Å²) in [6.45, 7) is 2.09. The Morgan fingerprint density at radius 2 is 2.17 bits per heavy atom. The standard InChI is InChI=1S/C14H13BrOS2/c1-10-3-2-4-11(7-10)8-17-9-12(16)13-5-6-14(15)18-13/h2-7H,8-9H2,1H3. The Bertz CT molecular complexity index is 548. The predicted octanol–water partition coefficient (Wildman–Crippen LogP) is 4.94. The number of Topliss-reactive ketones (excluding diaryl/α,β-unsaturated/α-hetero) is 1. The smallest absolute Gasteiger partial charge is 0.182 e. The van der Waals surface area contributed by atoms with E-state index < -0.39 is 0 Å². The summed E-state index contributed by atoms with van der Waals surface area (Å²) in [6.07, 6.45) is 0. The fourth-order valence-electron chi connectivity index (χ4n) is 1.60. The number of hydrogen-bond acceptors (Lipinski definition) is 3. The summed E-state index contributed by atoms with van der Waals surface area (Å²) in [7, 11) is 0. The Kier molecular flexibility index (Phi) is 5.03. The van der Waals surface area contributed by atoms with Crippen molar-refractivity contribution in [3.05, 3.63) is 56.2 Å². The van der Waals surface area contributed by atoms with Gasteiger partial charge in [-0.2, -0.15) is 0 Å². The third-order valence-corrected chi connectivity index (χ3v) is 5.10. The average molecular weight is 341 g/mol. The molecule has 0 unspecified atom stereocenters. The molecule has 0 atom stereocenters. The number of ketones is 1. The van der Waals surface area contributed by atoms with E-state index in [4.69, 9.17) is 0 Å². The molecule has 1 aromatic heterocycles. The number of rotatable bonds is 5. The van der Waals surface area contributed by atoms with Gasteiger partial charge in [-0.05, 0) is 40.5 Å². The lowest BCUT2D eigenvalue weighted by Crippen LogP contribution is -1.99. The molecular weight excluding hydrogens is 328 g/mol. The molecule has 0 fully saturated rings. The normalized spacial score (nSPS) is 10.6. The highest BCUT2D eigenvalue weighted by Gasteiger charge is 2.08. The molecule has 0 bridgehead atoms.